The topological polar surface area (TPSA) is 117 Å². The Bertz CT molecular complexity index is 1430. The number of sulfonamides is 1. The fourth-order valence-electron chi connectivity index (χ4n) is 5.51. The minimum atomic E-state index is -3.73. The molecule has 2 aromatic heterocycles. The Morgan fingerprint density at radius 1 is 0.837 bits per heavy atom. The van der Waals surface area contributed by atoms with Crippen molar-refractivity contribution in [3.63, 3.8) is 0 Å². The average Bonchev–Trinajstić information content (AvgIpc) is 3.38. The molecule has 3 rings (SSSR count). The van der Waals surface area contributed by atoms with Crippen LogP contribution in [0.1, 0.15) is 121 Å². The quantitative estimate of drug-likeness (QED) is 0.122. The lowest BCUT2D eigenvalue weighted by molar-refractivity contribution is 0.0775. The van der Waals surface area contributed by atoms with Crippen LogP contribution in [-0.2, 0) is 10.0 Å². The summed E-state index contributed by atoms with van der Waals surface area (Å²) < 4.78 is 29.4. The number of nitrogens with zero attached hydrogens (tertiary/aromatic N) is 3. The molecule has 1 amide bonds. The molecule has 0 saturated carbocycles. The van der Waals surface area contributed by atoms with Crippen LogP contribution in [-0.4, -0.2) is 52.4 Å². The Morgan fingerprint density at radius 3 is 1.91 bits per heavy atom. The Hall–Kier alpha value is -3.14. The first kappa shape index (κ1) is 34.4. The smallest absolute Gasteiger partial charge is 0.334 e. The summed E-state index contributed by atoms with van der Waals surface area (Å²) >= 11 is 0. The third kappa shape index (κ3) is 10.5. The maximum absolute atomic E-state index is 13.6. The van der Waals surface area contributed by atoms with Crippen LogP contribution in [0.15, 0.2) is 41.3 Å². The molecule has 0 radical (unpaired) electrons. The molecule has 0 fully saturated rings. The molecule has 238 valence electrons. The molecule has 0 aliphatic carbocycles. The van der Waals surface area contributed by atoms with E-state index in [0.29, 0.717) is 25.1 Å². The number of carbonyl (C=O) groups excluding carboxylic acids is 1. The van der Waals surface area contributed by atoms with E-state index in [9.17, 15) is 18.0 Å². The van der Waals surface area contributed by atoms with Crippen LogP contribution >= 0.6 is 0 Å². The molecule has 0 aliphatic heterocycles. The van der Waals surface area contributed by atoms with Crippen molar-refractivity contribution in [2.24, 2.45) is 0 Å². The summed E-state index contributed by atoms with van der Waals surface area (Å²) in [5.41, 5.74) is 1.15. The first-order valence-corrected chi connectivity index (χ1v) is 18.0. The van der Waals surface area contributed by atoms with Crippen LogP contribution in [0.3, 0.4) is 0 Å². The zero-order valence-electron chi connectivity index (χ0n) is 26.4. The van der Waals surface area contributed by atoms with E-state index in [2.05, 4.69) is 21.6 Å². The number of nitrogens with one attached hydrogen (secondary N) is 2. The van der Waals surface area contributed by atoms with Crippen molar-refractivity contribution >= 4 is 27.5 Å². The van der Waals surface area contributed by atoms with Gasteiger partial charge in [0.1, 0.15) is 0 Å². The van der Waals surface area contributed by atoms with Crippen LogP contribution in [0, 0.1) is 0 Å². The van der Waals surface area contributed by atoms with Gasteiger partial charge in [-0.1, -0.05) is 121 Å². The summed E-state index contributed by atoms with van der Waals surface area (Å²) in [7, 11) is -3.73. The minimum Gasteiger partial charge on any atom is -0.339 e. The van der Waals surface area contributed by atoms with E-state index in [1.165, 1.54) is 68.6 Å². The zero-order chi connectivity index (χ0) is 31.1. The van der Waals surface area contributed by atoms with Crippen molar-refractivity contribution < 1.29 is 13.2 Å². The number of aromatic nitrogens is 3. The third-order valence-corrected chi connectivity index (χ3v) is 9.34. The molecule has 43 heavy (non-hydrogen) atoms. The van der Waals surface area contributed by atoms with Gasteiger partial charge in [-0.05, 0) is 25.8 Å². The predicted octanol–water partition coefficient (Wildman–Crippen LogP) is 7.39. The third-order valence-electron chi connectivity index (χ3n) is 8.01. The lowest BCUT2D eigenvalue weighted by Gasteiger charge is -2.19. The maximum Gasteiger partial charge on any atom is 0.334 e. The van der Waals surface area contributed by atoms with Crippen LogP contribution in [0.5, 0.6) is 0 Å². The molecular weight excluding hydrogens is 562 g/mol. The highest BCUT2D eigenvalue weighted by Crippen LogP contribution is 2.29. The second-order valence-electron chi connectivity index (χ2n) is 11.4. The highest BCUT2D eigenvalue weighted by molar-refractivity contribution is 7.92. The number of anilines is 1. The molecular formula is C33H51N5O4S. The van der Waals surface area contributed by atoms with Crippen LogP contribution in [0.2, 0.25) is 0 Å². The van der Waals surface area contributed by atoms with E-state index in [1.807, 2.05) is 44.2 Å². The van der Waals surface area contributed by atoms with Crippen LogP contribution in [0.25, 0.3) is 16.8 Å². The summed E-state index contributed by atoms with van der Waals surface area (Å²) in [6, 6.07) is 9.32. The number of aromatic amines is 1. The lowest BCUT2D eigenvalue weighted by atomic mass is 10.0. The molecule has 0 spiro atoms. The van der Waals surface area contributed by atoms with E-state index in [1.54, 1.807) is 11.1 Å². The first-order valence-electron chi connectivity index (χ1n) is 16.3. The molecule has 0 bridgehead atoms. The summed E-state index contributed by atoms with van der Waals surface area (Å²) in [5.74, 6) is -0.503. The standard InChI is InChI=1S/C33H51N5O4S/c1-4-7-8-9-10-11-12-13-14-15-16-17-18-22-25-43(41,42)36-32-34-30-29(31(39)37(5-2)6-3)28(26-38(30)33(40)35-32)27-23-20-19-21-24-27/h19-21,23-24,26H,4-18,22,25H2,1-3H3,(H2,34,35,36,40). The Balaban J connectivity index is 1.56. The van der Waals surface area contributed by atoms with Gasteiger partial charge in [0.25, 0.3) is 5.91 Å². The van der Waals surface area contributed by atoms with Gasteiger partial charge in [0, 0.05) is 24.8 Å². The SMILES string of the molecule is CCCCCCCCCCCCCCCCS(=O)(=O)Nc1nc2c(C(=O)N(CC)CC)c(-c3ccccc3)cn2c(=O)[nH]1. The molecule has 0 aliphatic rings. The van der Waals surface area contributed by atoms with E-state index < -0.39 is 15.7 Å². The average molecular weight is 614 g/mol. The fourth-order valence-corrected chi connectivity index (χ4v) is 6.58. The molecule has 1 aromatic carbocycles. The summed E-state index contributed by atoms with van der Waals surface area (Å²) in [4.78, 5) is 35.2. The number of unbranched alkanes of at least 4 members (excludes halogenated alkanes) is 13. The molecule has 0 atom stereocenters. The molecule has 9 nitrogen and oxygen atoms in total. The van der Waals surface area contributed by atoms with Gasteiger partial charge in [0.15, 0.2) is 5.65 Å². The number of rotatable bonds is 21. The van der Waals surface area contributed by atoms with E-state index >= 15 is 0 Å². The van der Waals surface area contributed by atoms with Crippen molar-refractivity contribution in [3.05, 3.63) is 52.6 Å². The highest BCUT2D eigenvalue weighted by atomic mass is 32.2. The number of benzene rings is 1. The van der Waals surface area contributed by atoms with E-state index in [-0.39, 0.29) is 28.8 Å². The van der Waals surface area contributed by atoms with Gasteiger partial charge in [0.2, 0.25) is 16.0 Å². The van der Waals surface area contributed by atoms with E-state index in [4.69, 9.17) is 0 Å². The number of hydrogen-bond donors (Lipinski definition) is 2. The first-order chi connectivity index (χ1) is 20.8. The normalized spacial score (nSPS) is 11.7. The van der Waals surface area contributed by atoms with Gasteiger partial charge >= 0.3 is 5.69 Å². The second-order valence-corrected chi connectivity index (χ2v) is 13.2. The lowest BCUT2D eigenvalue weighted by Crippen LogP contribution is -2.31. The Kier molecular flexibility index (Phi) is 14.3. The van der Waals surface area contributed by atoms with Gasteiger partial charge in [-0.25, -0.2) is 13.2 Å². The zero-order valence-corrected chi connectivity index (χ0v) is 27.2. The van der Waals surface area contributed by atoms with Crippen LogP contribution in [0.4, 0.5) is 5.95 Å². The summed E-state index contributed by atoms with van der Waals surface area (Å²) in [6.07, 6.45) is 18.2. The van der Waals surface area contributed by atoms with Crippen molar-refractivity contribution in [3.8, 4) is 11.1 Å². The number of carbonyl (C=O) groups is 1. The predicted molar refractivity (Wildman–Crippen MR) is 176 cm³/mol. The van der Waals surface area contributed by atoms with Gasteiger partial charge in [-0.2, -0.15) is 4.98 Å². The summed E-state index contributed by atoms with van der Waals surface area (Å²) in [5, 5.41) is 0. The van der Waals surface area contributed by atoms with E-state index in [0.717, 1.165) is 24.8 Å². The molecule has 10 heteroatoms. The maximum atomic E-state index is 13.6. The molecule has 0 unspecified atom stereocenters. The Morgan fingerprint density at radius 2 is 1.37 bits per heavy atom. The van der Waals surface area contributed by atoms with Gasteiger partial charge < -0.3 is 4.90 Å². The molecule has 0 saturated heterocycles. The number of amides is 1. The summed E-state index contributed by atoms with van der Waals surface area (Å²) in [6.45, 7) is 7.00. The van der Waals surface area contributed by atoms with Gasteiger partial charge in [-0.3, -0.25) is 18.9 Å². The fraction of sp³-hybridized carbons (Fsp3) is 0.606. The molecule has 3 aromatic rings. The minimum absolute atomic E-state index is 0.0541. The second kappa shape index (κ2) is 17.9. The van der Waals surface area contributed by atoms with Crippen molar-refractivity contribution in [2.45, 2.75) is 111 Å². The Labute approximate surface area is 257 Å². The van der Waals surface area contributed by atoms with Crippen LogP contribution < -0.4 is 10.4 Å². The highest BCUT2D eigenvalue weighted by Gasteiger charge is 2.25. The van der Waals surface area contributed by atoms with Gasteiger partial charge in [-0.15, -0.1) is 0 Å². The van der Waals surface area contributed by atoms with Crippen molar-refractivity contribution in [1.82, 2.24) is 19.3 Å². The monoisotopic (exact) mass is 613 g/mol. The largest absolute Gasteiger partial charge is 0.339 e. The number of hydrogen-bond acceptors (Lipinski definition) is 5. The number of H-pyrrole nitrogens is 1. The van der Waals surface area contributed by atoms with Gasteiger partial charge in [0.05, 0.1) is 11.3 Å². The van der Waals surface area contributed by atoms with Crippen molar-refractivity contribution in [1.29, 1.82) is 0 Å². The van der Waals surface area contributed by atoms with Crippen molar-refractivity contribution in [2.75, 3.05) is 23.6 Å². The molecule has 2 heterocycles. The number of fused-ring (bicyclic) bond motifs is 1. The molecule has 2 N–H and O–H groups in total.